The maximum Gasteiger partial charge on any atom is 0.353 e. The van der Waals surface area contributed by atoms with E-state index in [4.69, 9.17) is 0 Å². The van der Waals surface area contributed by atoms with E-state index >= 15 is 0 Å². The zero-order valence-corrected chi connectivity index (χ0v) is 18.4. The molecule has 3 N–H and O–H groups in total. The van der Waals surface area contributed by atoms with Gasteiger partial charge in [-0.2, -0.15) is 0 Å². The van der Waals surface area contributed by atoms with Crippen LogP contribution in [-0.2, 0) is 9.59 Å². The van der Waals surface area contributed by atoms with Crippen LogP contribution in [0.5, 0.6) is 0 Å². The second-order valence-corrected chi connectivity index (χ2v) is 10.9. The summed E-state index contributed by atoms with van der Waals surface area (Å²) >= 11 is 1.66. The Bertz CT molecular complexity index is 719. The summed E-state index contributed by atoms with van der Waals surface area (Å²) in [6.45, 7) is 11.3. The lowest BCUT2D eigenvalue weighted by Gasteiger charge is -2.46. The normalized spacial score (nSPS) is 35.6. The average Bonchev–Trinajstić information content (AvgIpc) is 3.16. The third kappa shape index (κ3) is 3.73. The minimum absolute atomic E-state index is 0.0422. The average molecular weight is 424 g/mol. The van der Waals surface area contributed by atoms with Crippen molar-refractivity contribution in [3.63, 3.8) is 0 Å². The van der Waals surface area contributed by atoms with Crippen molar-refractivity contribution in [3.8, 4) is 0 Å². The van der Waals surface area contributed by atoms with Gasteiger partial charge in [-0.3, -0.25) is 4.79 Å². The van der Waals surface area contributed by atoms with Gasteiger partial charge in [0.05, 0.1) is 18.1 Å². The number of fused-ring (bicyclic) bond motifs is 1. The van der Waals surface area contributed by atoms with Gasteiger partial charge in [0.1, 0.15) is 5.70 Å². The van der Waals surface area contributed by atoms with E-state index in [1.165, 1.54) is 17.7 Å². The van der Waals surface area contributed by atoms with Crippen LogP contribution in [0, 0.1) is 17.3 Å². The Hall–Kier alpha value is -1.09. The van der Waals surface area contributed by atoms with Crippen LogP contribution in [0.2, 0.25) is 0 Å². The number of aliphatic hydroxyl groups excluding tert-OH is 1. The summed E-state index contributed by atoms with van der Waals surface area (Å²) in [5.41, 5.74) is 0.511. The summed E-state index contributed by atoms with van der Waals surface area (Å²) in [6.07, 6.45) is 2.69. The lowest BCUT2D eigenvalue weighted by atomic mass is 9.79. The molecule has 29 heavy (non-hydrogen) atoms. The Kier molecular flexibility index (Phi) is 5.74. The summed E-state index contributed by atoms with van der Waals surface area (Å²) in [6, 6.07) is -0.220. The molecule has 0 aromatic rings. The van der Waals surface area contributed by atoms with Crippen molar-refractivity contribution in [2.75, 3.05) is 32.7 Å². The van der Waals surface area contributed by atoms with E-state index in [9.17, 15) is 19.8 Å². The number of aliphatic carboxylic acids is 1. The number of aliphatic hydroxyl groups is 1. The zero-order chi connectivity index (χ0) is 20.9. The maximum absolute atomic E-state index is 12.5. The number of rotatable bonds is 6. The van der Waals surface area contributed by atoms with Crippen LogP contribution in [-0.4, -0.2) is 82.0 Å². The fourth-order valence-corrected chi connectivity index (χ4v) is 7.14. The monoisotopic (exact) mass is 423 g/mol. The lowest BCUT2D eigenvalue weighted by Crippen LogP contribution is -2.63. The first kappa shape index (κ1) is 21.2. The van der Waals surface area contributed by atoms with Gasteiger partial charge >= 0.3 is 5.97 Å². The predicted octanol–water partition coefficient (Wildman–Crippen LogP) is 1.34. The molecule has 4 rings (SSSR count). The molecule has 162 valence electrons. The van der Waals surface area contributed by atoms with Crippen molar-refractivity contribution in [3.05, 3.63) is 10.6 Å². The van der Waals surface area contributed by atoms with Gasteiger partial charge in [-0.05, 0) is 51.2 Å². The van der Waals surface area contributed by atoms with Crippen molar-refractivity contribution in [1.82, 2.24) is 15.1 Å². The highest BCUT2D eigenvalue weighted by molar-refractivity contribution is 8.03. The molecule has 4 aliphatic rings. The smallest absolute Gasteiger partial charge is 0.353 e. The second-order valence-electron chi connectivity index (χ2n) is 9.60. The fourth-order valence-electron chi connectivity index (χ4n) is 5.62. The van der Waals surface area contributed by atoms with Gasteiger partial charge in [0.15, 0.2) is 0 Å². The fraction of sp³-hybridized carbons (Fsp3) is 0.810. The lowest BCUT2D eigenvalue weighted by molar-refractivity contribution is -0.163. The van der Waals surface area contributed by atoms with E-state index in [0.717, 1.165) is 44.0 Å². The first-order valence-corrected chi connectivity index (χ1v) is 11.7. The molecule has 4 heterocycles. The predicted molar refractivity (Wildman–Crippen MR) is 112 cm³/mol. The minimum atomic E-state index is -1.03. The van der Waals surface area contributed by atoms with Crippen molar-refractivity contribution in [1.29, 1.82) is 0 Å². The van der Waals surface area contributed by atoms with E-state index in [1.807, 2.05) is 6.92 Å². The molecule has 0 aromatic carbocycles. The third-order valence-corrected chi connectivity index (χ3v) is 8.79. The van der Waals surface area contributed by atoms with Gasteiger partial charge in [0.2, 0.25) is 5.91 Å². The largest absolute Gasteiger partial charge is 0.477 e. The highest BCUT2D eigenvalue weighted by Gasteiger charge is 2.60. The van der Waals surface area contributed by atoms with E-state index in [2.05, 4.69) is 17.1 Å². The number of hydrogen-bond donors (Lipinski definition) is 3. The molecule has 1 unspecified atom stereocenters. The molecule has 0 radical (unpaired) electrons. The number of nitrogens with one attached hydrogen (secondary N) is 1. The Labute approximate surface area is 176 Å². The molecule has 7 nitrogen and oxygen atoms in total. The number of carboxylic acid groups (broad SMARTS) is 1. The number of carboxylic acids is 1. The van der Waals surface area contributed by atoms with Crippen molar-refractivity contribution < 1.29 is 19.8 Å². The molecule has 0 aromatic heterocycles. The number of carbonyl (C=O) groups is 2. The summed E-state index contributed by atoms with van der Waals surface area (Å²) in [7, 11) is 0. The van der Waals surface area contributed by atoms with Crippen LogP contribution in [0.25, 0.3) is 0 Å². The van der Waals surface area contributed by atoms with Crippen LogP contribution in [0.4, 0.5) is 0 Å². The third-order valence-electron chi connectivity index (χ3n) is 7.25. The van der Waals surface area contributed by atoms with E-state index in [0.29, 0.717) is 10.7 Å². The summed E-state index contributed by atoms with van der Waals surface area (Å²) in [4.78, 5) is 29.2. The molecule has 0 aliphatic carbocycles. The molecule has 0 bridgehead atoms. The first-order chi connectivity index (χ1) is 13.7. The molecular formula is C21H33N3O4S. The molecule has 5 atom stereocenters. The number of nitrogens with zero attached hydrogens (tertiary/aromatic N) is 2. The first-order valence-electron chi connectivity index (χ1n) is 10.8. The summed E-state index contributed by atoms with van der Waals surface area (Å²) in [5, 5.41) is 23.6. The van der Waals surface area contributed by atoms with E-state index < -0.39 is 18.0 Å². The Morgan fingerprint density at radius 2 is 2.07 bits per heavy atom. The molecule has 4 aliphatic heterocycles. The summed E-state index contributed by atoms with van der Waals surface area (Å²) in [5.74, 6) is -1.81. The van der Waals surface area contributed by atoms with Gasteiger partial charge in [-0.25, -0.2) is 4.79 Å². The standard InChI is InChI=1S/C21H33N3O4S/c1-12-16-15(13(2)25)19(26)24(16)17(20(27)28)18(12)29-14-4-9-23(10-14)11-21(3)5-7-22-8-6-21/h12-16,22,25H,4-11H2,1-3H3,(H,27,28)/t12-,13-,14?,15-,16-/m1/s1. The van der Waals surface area contributed by atoms with Gasteiger partial charge in [0.25, 0.3) is 0 Å². The zero-order valence-electron chi connectivity index (χ0n) is 17.6. The Morgan fingerprint density at radius 3 is 2.69 bits per heavy atom. The number of carbonyl (C=O) groups excluding carboxylic acids is 1. The highest BCUT2D eigenvalue weighted by atomic mass is 32.2. The van der Waals surface area contributed by atoms with Crippen molar-refractivity contribution in [2.24, 2.45) is 17.3 Å². The van der Waals surface area contributed by atoms with Crippen LogP contribution in [0.1, 0.15) is 40.0 Å². The quantitative estimate of drug-likeness (QED) is 0.555. The number of piperidine rings is 1. The minimum Gasteiger partial charge on any atom is -0.477 e. The van der Waals surface area contributed by atoms with Gasteiger partial charge < -0.3 is 25.3 Å². The van der Waals surface area contributed by atoms with Crippen molar-refractivity contribution in [2.45, 2.75) is 57.4 Å². The highest BCUT2D eigenvalue weighted by Crippen LogP contribution is 2.52. The van der Waals surface area contributed by atoms with Gasteiger partial charge in [-0.1, -0.05) is 13.8 Å². The maximum atomic E-state index is 12.5. The van der Waals surface area contributed by atoms with Gasteiger partial charge in [-0.15, -0.1) is 11.8 Å². The summed E-state index contributed by atoms with van der Waals surface area (Å²) < 4.78 is 0. The van der Waals surface area contributed by atoms with Crippen LogP contribution >= 0.6 is 11.8 Å². The van der Waals surface area contributed by atoms with Crippen LogP contribution in [0.15, 0.2) is 10.6 Å². The number of β-lactam (4-membered cyclic amide) rings is 1. The molecular weight excluding hydrogens is 390 g/mol. The number of thioether (sulfide) groups is 1. The number of likely N-dealkylation sites (tertiary alicyclic amines) is 1. The molecule has 3 saturated heterocycles. The Morgan fingerprint density at radius 1 is 1.38 bits per heavy atom. The Balaban J connectivity index is 1.44. The van der Waals surface area contributed by atoms with E-state index in [1.54, 1.807) is 18.7 Å². The molecule has 0 spiro atoms. The topological polar surface area (TPSA) is 93.1 Å². The second kappa shape index (κ2) is 7.87. The number of amides is 1. The number of hydrogen-bond acceptors (Lipinski definition) is 6. The molecule has 1 amide bonds. The van der Waals surface area contributed by atoms with Crippen LogP contribution < -0.4 is 5.32 Å². The molecule has 3 fully saturated rings. The van der Waals surface area contributed by atoms with Crippen molar-refractivity contribution >= 4 is 23.6 Å². The van der Waals surface area contributed by atoms with Crippen LogP contribution in [0.3, 0.4) is 0 Å². The van der Waals surface area contributed by atoms with E-state index in [-0.39, 0.29) is 23.6 Å². The molecule has 8 heteroatoms. The molecule has 0 saturated carbocycles. The SMILES string of the molecule is C[C@@H](O)[C@H]1C(=O)N2C(C(=O)O)=C(SC3CCN(CC4(C)CCNCC4)C3)[C@H](C)[C@H]12. The van der Waals surface area contributed by atoms with Gasteiger partial charge in [0, 0.05) is 29.2 Å².